The highest BCUT2D eigenvalue weighted by molar-refractivity contribution is 6.30. The minimum atomic E-state index is -0.562. The van der Waals surface area contributed by atoms with E-state index in [4.69, 9.17) is 11.6 Å². The Kier molecular flexibility index (Phi) is 4.82. The van der Waals surface area contributed by atoms with Crippen molar-refractivity contribution in [3.63, 3.8) is 0 Å². The molecule has 0 bridgehead atoms. The largest absolute Gasteiger partial charge is 0.506 e. The van der Waals surface area contributed by atoms with Crippen molar-refractivity contribution in [3.8, 4) is 5.75 Å². The van der Waals surface area contributed by atoms with E-state index in [1.807, 2.05) is 0 Å². The number of anilines is 1. The van der Waals surface area contributed by atoms with Crippen molar-refractivity contribution in [1.82, 2.24) is 4.57 Å². The lowest BCUT2D eigenvalue weighted by Crippen LogP contribution is -2.24. The Labute approximate surface area is 155 Å². The zero-order valence-corrected chi connectivity index (χ0v) is 15.0. The molecule has 0 aliphatic heterocycles. The third kappa shape index (κ3) is 3.34. The topological polar surface area (TPSA) is 71.3 Å². The number of halogens is 1. The zero-order chi connectivity index (χ0) is 18.8. The van der Waals surface area contributed by atoms with Gasteiger partial charge in [-0.25, -0.2) is 0 Å². The molecule has 0 aliphatic rings. The van der Waals surface area contributed by atoms with E-state index in [1.54, 1.807) is 62.5 Å². The van der Waals surface area contributed by atoms with Crippen LogP contribution in [0.2, 0.25) is 5.02 Å². The fourth-order valence-electron chi connectivity index (χ4n) is 2.77. The number of allylic oxidation sites excluding steroid dienone is 2. The minimum Gasteiger partial charge on any atom is -0.506 e. The highest BCUT2D eigenvalue weighted by atomic mass is 35.5. The Morgan fingerprint density at radius 3 is 2.50 bits per heavy atom. The van der Waals surface area contributed by atoms with Gasteiger partial charge in [0.15, 0.2) is 5.78 Å². The van der Waals surface area contributed by atoms with Crippen LogP contribution in [0.25, 0.3) is 10.9 Å². The Morgan fingerprint density at radius 2 is 1.81 bits per heavy atom. The van der Waals surface area contributed by atoms with Gasteiger partial charge < -0.3 is 15.0 Å². The number of fused-ring (bicyclic) bond motifs is 1. The summed E-state index contributed by atoms with van der Waals surface area (Å²) in [4.78, 5) is 25.2. The summed E-state index contributed by atoms with van der Waals surface area (Å²) in [6.07, 6.45) is 1.29. The van der Waals surface area contributed by atoms with Crippen LogP contribution in [0.4, 0.5) is 5.69 Å². The molecule has 0 atom stereocenters. The van der Waals surface area contributed by atoms with Crippen molar-refractivity contribution < 1.29 is 9.90 Å². The van der Waals surface area contributed by atoms with Crippen molar-refractivity contribution in [1.29, 1.82) is 0 Å². The van der Waals surface area contributed by atoms with Gasteiger partial charge in [-0.05, 0) is 43.3 Å². The van der Waals surface area contributed by atoms with Crippen LogP contribution in [0.15, 0.2) is 65.1 Å². The molecule has 3 aromatic rings. The van der Waals surface area contributed by atoms with Crippen LogP contribution in [0, 0.1) is 0 Å². The van der Waals surface area contributed by atoms with E-state index in [-0.39, 0.29) is 11.3 Å². The van der Waals surface area contributed by atoms with Crippen LogP contribution >= 0.6 is 11.6 Å². The SMILES string of the molecule is C/C(=C\C(=O)c1c(O)c2ccccc2n(C)c1=O)Nc1ccc(Cl)cc1. The number of benzene rings is 2. The summed E-state index contributed by atoms with van der Waals surface area (Å²) in [5.41, 5.74) is 1.07. The van der Waals surface area contributed by atoms with E-state index in [2.05, 4.69) is 5.32 Å². The van der Waals surface area contributed by atoms with Gasteiger partial charge in [0.2, 0.25) is 0 Å². The van der Waals surface area contributed by atoms with Crippen molar-refractivity contribution in [3.05, 3.63) is 81.2 Å². The second kappa shape index (κ2) is 7.06. The summed E-state index contributed by atoms with van der Waals surface area (Å²) in [5.74, 6) is -0.864. The molecule has 0 saturated carbocycles. The van der Waals surface area contributed by atoms with Crippen molar-refractivity contribution >= 4 is 34.0 Å². The quantitative estimate of drug-likeness (QED) is 0.537. The molecule has 132 valence electrons. The first kappa shape index (κ1) is 17.8. The summed E-state index contributed by atoms with van der Waals surface area (Å²) < 4.78 is 1.36. The van der Waals surface area contributed by atoms with Crippen LogP contribution < -0.4 is 10.9 Å². The summed E-state index contributed by atoms with van der Waals surface area (Å²) in [7, 11) is 1.57. The van der Waals surface area contributed by atoms with E-state index >= 15 is 0 Å². The number of ketones is 1. The molecule has 0 unspecified atom stereocenters. The number of aromatic hydroxyl groups is 1. The van der Waals surface area contributed by atoms with E-state index in [0.717, 1.165) is 5.69 Å². The van der Waals surface area contributed by atoms with E-state index < -0.39 is 11.3 Å². The molecule has 1 aromatic heterocycles. The van der Waals surface area contributed by atoms with Crippen molar-refractivity contribution in [2.45, 2.75) is 6.92 Å². The Hall–Kier alpha value is -3.05. The van der Waals surface area contributed by atoms with Gasteiger partial charge in [0.25, 0.3) is 5.56 Å². The number of hydrogen-bond donors (Lipinski definition) is 2. The molecule has 26 heavy (non-hydrogen) atoms. The second-order valence-corrected chi connectivity index (χ2v) is 6.36. The average molecular weight is 369 g/mol. The number of pyridine rings is 1. The Balaban J connectivity index is 1.99. The summed E-state index contributed by atoms with van der Waals surface area (Å²) in [5, 5.41) is 14.6. The van der Waals surface area contributed by atoms with Crippen LogP contribution in [-0.4, -0.2) is 15.5 Å². The van der Waals surface area contributed by atoms with Crippen molar-refractivity contribution in [2.24, 2.45) is 7.05 Å². The van der Waals surface area contributed by atoms with Crippen molar-refractivity contribution in [2.75, 3.05) is 5.32 Å². The fraction of sp³-hybridized carbons (Fsp3) is 0.100. The molecule has 0 saturated heterocycles. The number of carbonyl (C=O) groups excluding carboxylic acids is 1. The van der Waals surface area contributed by atoms with E-state index in [1.165, 1.54) is 10.6 Å². The van der Waals surface area contributed by atoms with Gasteiger partial charge >= 0.3 is 0 Å². The molecular formula is C20H17ClN2O3. The smallest absolute Gasteiger partial charge is 0.265 e. The molecular weight excluding hydrogens is 352 g/mol. The van der Waals surface area contributed by atoms with Crippen LogP contribution in [0.5, 0.6) is 5.75 Å². The normalized spacial score (nSPS) is 11.6. The molecule has 0 fully saturated rings. The van der Waals surface area contributed by atoms with E-state index in [9.17, 15) is 14.7 Å². The lowest BCUT2D eigenvalue weighted by Gasteiger charge is -2.11. The van der Waals surface area contributed by atoms with Crippen LogP contribution in [-0.2, 0) is 7.05 Å². The average Bonchev–Trinajstić information content (AvgIpc) is 2.62. The number of rotatable bonds is 4. The number of nitrogens with one attached hydrogen (secondary N) is 1. The van der Waals surface area contributed by atoms with Gasteiger partial charge in [-0.2, -0.15) is 0 Å². The zero-order valence-electron chi connectivity index (χ0n) is 14.3. The third-order valence-electron chi connectivity index (χ3n) is 4.06. The predicted octanol–water partition coefficient (Wildman–Crippen LogP) is 4.10. The molecule has 0 aliphatic carbocycles. The first-order chi connectivity index (χ1) is 12.4. The van der Waals surface area contributed by atoms with Crippen LogP contribution in [0.1, 0.15) is 17.3 Å². The first-order valence-corrected chi connectivity index (χ1v) is 8.32. The number of aromatic nitrogens is 1. The molecule has 0 spiro atoms. The number of aryl methyl sites for hydroxylation is 1. The molecule has 6 heteroatoms. The Morgan fingerprint density at radius 1 is 1.15 bits per heavy atom. The monoisotopic (exact) mass is 368 g/mol. The summed E-state index contributed by atoms with van der Waals surface area (Å²) >= 11 is 5.85. The minimum absolute atomic E-state index is 0.247. The maximum Gasteiger partial charge on any atom is 0.265 e. The van der Waals surface area contributed by atoms with Gasteiger partial charge in [0.1, 0.15) is 11.3 Å². The van der Waals surface area contributed by atoms with Gasteiger partial charge in [0, 0.05) is 34.9 Å². The number of carbonyl (C=O) groups is 1. The second-order valence-electron chi connectivity index (χ2n) is 5.93. The fourth-order valence-corrected chi connectivity index (χ4v) is 2.89. The number of nitrogens with zero attached hydrogens (tertiary/aromatic N) is 1. The number of para-hydroxylation sites is 1. The molecule has 5 nitrogen and oxygen atoms in total. The molecule has 0 amide bonds. The van der Waals surface area contributed by atoms with Gasteiger partial charge in [-0.15, -0.1) is 0 Å². The Bertz CT molecular complexity index is 1080. The molecule has 3 rings (SSSR count). The predicted molar refractivity (Wildman–Crippen MR) is 104 cm³/mol. The van der Waals surface area contributed by atoms with Gasteiger partial charge in [-0.3, -0.25) is 9.59 Å². The lowest BCUT2D eigenvalue weighted by molar-refractivity contribution is 0.104. The maximum absolute atomic E-state index is 12.6. The van der Waals surface area contributed by atoms with E-state index in [0.29, 0.717) is 21.6 Å². The summed E-state index contributed by atoms with van der Waals surface area (Å²) in [6, 6.07) is 13.9. The molecule has 2 aromatic carbocycles. The van der Waals surface area contributed by atoms with Crippen LogP contribution in [0.3, 0.4) is 0 Å². The highest BCUT2D eigenvalue weighted by Crippen LogP contribution is 2.26. The lowest BCUT2D eigenvalue weighted by atomic mass is 10.1. The molecule has 1 heterocycles. The number of hydrogen-bond acceptors (Lipinski definition) is 4. The molecule has 2 N–H and O–H groups in total. The summed E-state index contributed by atoms with van der Waals surface area (Å²) in [6.45, 7) is 1.70. The first-order valence-electron chi connectivity index (χ1n) is 7.94. The highest BCUT2D eigenvalue weighted by Gasteiger charge is 2.19. The maximum atomic E-state index is 12.6. The standard InChI is InChI=1S/C20H17ClN2O3/c1-12(22-14-9-7-13(21)8-10-14)11-17(24)18-19(25)15-5-3-4-6-16(15)23(2)20(18)26/h3-11,22,25H,1-2H3/b12-11+. The molecule has 0 radical (unpaired) electrons. The van der Waals surface area contributed by atoms with Gasteiger partial charge in [-0.1, -0.05) is 23.7 Å². The van der Waals surface area contributed by atoms with Gasteiger partial charge in [0.05, 0.1) is 5.52 Å². The third-order valence-corrected chi connectivity index (χ3v) is 4.31.